The quantitative estimate of drug-likeness (QED) is 0.798. The molecule has 2 heterocycles. The zero-order chi connectivity index (χ0) is 14.3. The van der Waals surface area contributed by atoms with E-state index in [1.54, 1.807) is 0 Å². The van der Waals surface area contributed by atoms with Crippen molar-refractivity contribution in [3.8, 4) is 0 Å². The number of amides is 1. The Balaban J connectivity index is 1.77. The SMILES string of the molecule is Cc1cc(=O)c(C(=O)N2C[C@H]3CCC(N)C[C@H]3C2)c[nH]1. The van der Waals surface area contributed by atoms with Crippen LogP contribution < -0.4 is 11.2 Å². The Labute approximate surface area is 118 Å². The number of likely N-dealkylation sites (tertiary alicyclic amines) is 1. The van der Waals surface area contributed by atoms with Crippen LogP contribution in [0.5, 0.6) is 0 Å². The second-order valence-corrected chi connectivity index (χ2v) is 6.20. The third-order valence-corrected chi connectivity index (χ3v) is 4.67. The number of hydrogen-bond acceptors (Lipinski definition) is 3. The molecule has 0 radical (unpaired) electrons. The van der Waals surface area contributed by atoms with E-state index in [0.29, 0.717) is 11.8 Å². The largest absolute Gasteiger partial charge is 0.364 e. The lowest BCUT2D eigenvalue weighted by atomic mass is 9.79. The lowest BCUT2D eigenvalue weighted by molar-refractivity contribution is 0.0782. The minimum absolute atomic E-state index is 0.144. The van der Waals surface area contributed by atoms with Crippen LogP contribution in [0.1, 0.15) is 35.3 Å². The normalized spacial score (nSPS) is 29.3. The first-order valence-electron chi connectivity index (χ1n) is 7.29. The Morgan fingerprint density at radius 3 is 2.85 bits per heavy atom. The van der Waals surface area contributed by atoms with Gasteiger partial charge in [0, 0.05) is 37.1 Å². The van der Waals surface area contributed by atoms with Gasteiger partial charge in [-0.15, -0.1) is 0 Å². The van der Waals surface area contributed by atoms with Crippen molar-refractivity contribution >= 4 is 5.91 Å². The molecule has 1 aliphatic carbocycles. The van der Waals surface area contributed by atoms with Gasteiger partial charge in [-0.05, 0) is 38.0 Å². The number of nitrogens with zero attached hydrogens (tertiary/aromatic N) is 1. The van der Waals surface area contributed by atoms with Crippen molar-refractivity contribution in [2.45, 2.75) is 32.2 Å². The molecule has 108 valence electrons. The summed E-state index contributed by atoms with van der Waals surface area (Å²) in [6, 6.07) is 1.75. The summed E-state index contributed by atoms with van der Waals surface area (Å²) in [5.41, 5.74) is 6.83. The molecule has 1 saturated heterocycles. The summed E-state index contributed by atoms with van der Waals surface area (Å²) >= 11 is 0. The van der Waals surface area contributed by atoms with Gasteiger partial charge in [-0.25, -0.2) is 0 Å². The van der Waals surface area contributed by atoms with Gasteiger partial charge in [-0.2, -0.15) is 0 Å². The summed E-state index contributed by atoms with van der Waals surface area (Å²) in [5, 5.41) is 0. The fourth-order valence-electron chi connectivity index (χ4n) is 3.54. The van der Waals surface area contributed by atoms with Crippen LogP contribution in [0.3, 0.4) is 0 Å². The van der Waals surface area contributed by atoms with E-state index < -0.39 is 0 Å². The summed E-state index contributed by atoms with van der Waals surface area (Å²) in [7, 11) is 0. The maximum Gasteiger partial charge on any atom is 0.259 e. The van der Waals surface area contributed by atoms with E-state index in [0.717, 1.165) is 38.0 Å². The average Bonchev–Trinajstić information content (AvgIpc) is 2.81. The number of aromatic nitrogens is 1. The van der Waals surface area contributed by atoms with Gasteiger partial charge in [-0.3, -0.25) is 9.59 Å². The molecule has 3 atom stereocenters. The van der Waals surface area contributed by atoms with Crippen molar-refractivity contribution in [1.29, 1.82) is 0 Å². The molecule has 20 heavy (non-hydrogen) atoms. The highest BCUT2D eigenvalue weighted by atomic mass is 16.2. The number of rotatable bonds is 1. The molecule has 1 aromatic heterocycles. The predicted molar refractivity (Wildman–Crippen MR) is 76.5 cm³/mol. The molecule has 0 spiro atoms. The topological polar surface area (TPSA) is 79.2 Å². The number of carbonyl (C=O) groups is 1. The molecular formula is C15H21N3O2. The van der Waals surface area contributed by atoms with Crippen LogP contribution in [0, 0.1) is 18.8 Å². The Kier molecular flexibility index (Phi) is 3.38. The smallest absolute Gasteiger partial charge is 0.259 e. The maximum absolute atomic E-state index is 12.5. The fourth-order valence-corrected chi connectivity index (χ4v) is 3.54. The third-order valence-electron chi connectivity index (χ3n) is 4.67. The summed E-state index contributed by atoms with van der Waals surface area (Å²) in [5.74, 6) is 0.921. The zero-order valence-electron chi connectivity index (χ0n) is 11.8. The summed E-state index contributed by atoms with van der Waals surface area (Å²) in [6.07, 6.45) is 4.68. The highest BCUT2D eigenvalue weighted by Gasteiger charge is 2.39. The van der Waals surface area contributed by atoms with E-state index in [9.17, 15) is 9.59 Å². The summed E-state index contributed by atoms with van der Waals surface area (Å²) < 4.78 is 0. The van der Waals surface area contributed by atoms with Crippen molar-refractivity contribution in [1.82, 2.24) is 9.88 Å². The van der Waals surface area contributed by atoms with Gasteiger partial charge in [0.1, 0.15) is 5.56 Å². The van der Waals surface area contributed by atoms with Gasteiger partial charge in [0.2, 0.25) is 0 Å². The Hall–Kier alpha value is -1.62. The Bertz CT molecular complexity index is 581. The predicted octanol–water partition coefficient (Wildman–Crippen LogP) is 0.883. The van der Waals surface area contributed by atoms with Gasteiger partial charge < -0.3 is 15.6 Å². The number of carbonyl (C=O) groups excluding carboxylic acids is 1. The van der Waals surface area contributed by atoms with Gasteiger partial charge in [-0.1, -0.05) is 0 Å². The van der Waals surface area contributed by atoms with E-state index in [4.69, 9.17) is 5.73 Å². The molecule has 5 nitrogen and oxygen atoms in total. The average molecular weight is 275 g/mol. The third kappa shape index (κ3) is 2.38. The fraction of sp³-hybridized carbons (Fsp3) is 0.600. The molecule has 3 rings (SSSR count). The van der Waals surface area contributed by atoms with Crippen LogP contribution in [-0.4, -0.2) is 34.9 Å². The van der Waals surface area contributed by atoms with Crippen molar-refractivity contribution in [2.75, 3.05) is 13.1 Å². The molecule has 2 fully saturated rings. The van der Waals surface area contributed by atoms with Crippen molar-refractivity contribution in [2.24, 2.45) is 17.6 Å². The van der Waals surface area contributed by atoms with E-state index in [2.05, 4.69) is 4.98 Å². The molecule has 1 amide bonds. The second kappa shape index (κ2) is 5.05. The standard InChI is InChI=1S/C15H21N3O2/c1-9-4-14(19)13(6-17-9)15(20)18-7-10-2-3-12(16)5-11(10)8-18/h4,6,10-12H,2-3,5,7-8,16H2,1H3,(H,17,19)/t10-,11+,12?/m1/s1. The number of fused-ring (bicyclic) bond motifs is 1. The number of nitrogens with two attached hydrogens (primary N) is 1. The van der Waals surface area contributed by atoms with Crippen LogP contribution in [0.25, 0.3) is 0 Å². The second-order valence-electron chi connectivity index (χ2n) is 6.20. The lowest BCUT2D eigenvalue weighted by Gasteiger charge is -2.27. The summed E-state index contributed by atoms with van der Waals surface area (Å²) in [6.45, 7) is 3.31. The molecule has 0 aromatic carbocycles. The number of aryl methyl sites for hydroxylation is 1. The van der Waals surface area contributed by atoms with Gasteiger partial charge in [0.25, 0.3) is 5.91 Å². The maximum atomic E-state index is 12.5. The first kappa shape index (κ1) is 13.4. The minimum Gasteiger partial charge on any atom is -0.364 e. The highest BCUT2D eigenvalue weighted by molar-refractivity contribution is 5.94. The van der Waals surface area contributed by atoms with Crippen molar-refractivity contribution < 1.29 is 4.79 Å². The first-order chi connectivity index (χ1) is 9.54. The number of pyridine rings is 1. The van der Waals surface area contributed by atoms with Gasteiger partial charge in [0.05, 0.1) is 0 Å². The van der Waals surface area contributed by atoms with E-state index in [-0.39, 0.29) is 22.9 Å². The zero-order valence-corrected chi connectivity index (χ0v) is 11.8. The minimum atomic E-state index is -0.196. The summed E-state index contributed by atoms with van der Waals surface area (Å²) in [4.78, 5) is 29.2. The molecule has 1 aliphatic heterocycles. The molecule has 1 unspecified atom stereocenters. The van der Waals surface area contributed by atoms with Crippen LogP contribution in [0.4, 0.5) is 0 Å². The van der Waals surface area contributed by atoms with Crippen LogP contribution in [-0.2, 0) is 0 Å². The Morgan fingerprint density at radius 1 is 1.35 bits per heavy atom. The van der Waals surface area contributed by atoms with Crippen LogP contribution in [0.15, 0.2) is 17.1 Å². The van der Waals surface area contributed by atoms with Crippen molar-refractivity contribution in [3.63, 3.8) is 0 Å². The number of aromatic amines is 1. The van der Waals surface area contributed by atoms with E-state index >= 15 is 0 Å². The molecule has 3 N–H and O–H groups in total. The highest BCUT2D eigenvalue weighted by Crippen LogP contribution is 2.35. The van der Waals surface area contributed by atoms with Crippen molar-refractivity contribution in [3.05, 3.63) is 33.7 Å². The molecule has 5 heteroatoms. The molecule has 0 bridgehead atoms. The molecule has 1 saturated carbocycles. The van der Waals surface area contributed by atoms with Crippen LogP contribution >= 0.6 is 0 Å². The van der Waals surface area contributed by atoms with Gasteiger partial charge in [0.15, 0.2) is 5.43 Å². The Morgan fingerprint density at radius 2 is 2.10 bits per heavy atom. The van der Waals surface area contributed by atoms with Crippen LogP contribution in [0.2, 0.25) is 0 Å². The lowest BCUT2D eigenvalue weighted by Crippen LogP contribution is -2.33. The number of hydrogen-bond donors (Lipinski definition) is 2. The van der Waals surface area contributed by atoms with E-state index in [1.165, 1.54) is 12.3 Å². The van der Waals surface area contributed by atoms with Gasteiger partial charge >= 0.3 is 0 Å². The van der Waals surface area contributed by atoms with E-state index in [1.807, 2.05) is 11.8 Å². The number of H-pyrrole nitrogens is 1. The first-order valence-corrected chi connectivity index (χ1v) is 7.29. The molecule has 1 aromatic rings. The monoisotopic (exact) mass is 275 g/mol. The number of nitrogens with one attached hydrogen (secondary N) is 1. The molecule has 2 aliphatic rings. The molecular weight excluding hydrogens is 254 g/mol.